The fourth-order valence-corrected chi connectivity index (χ4v) is 4.93. The van der Waals surface area contributed by atoms with Gasteiger partial charge in [-0.3, -0.25) is 4.98 Å². The Labute approximate surface area is 122 Å². The zero-order valence-corrected chi connectivity index (χ0v) is 12.4. The van der Waals surface area contributed by atoms with Crippen LogP contribution in [0.4, 0.5) is 5.69 Å². The maximum Gasteiger partial charge on any atom is 0.252 e. The molecule has 1 aliphatic heterocycles. The third-order valence-electron chi connectivity index (χ3n) is 3.27. The Hall–Kier alpha value is -1.44. The van der Waals surface area contributed by atoms with Crippen molar-refractivity contribution in [3.63, 3.8) is 0 Å². The number of rotatable bonds is 4. The molecule has 2 aromatic heterocycles. The number of thiophene rings is 1. The predicted molar refractivity (Wildman–Crippen MR) is 79.3 cm³/mol. The minimum absolute atomic E-state index is 0.133. The maximum atomic E-state index is 12.4. The zero-order chi connectivity index (χ0) is 14.0. The van der Waals surface area contributed by atoms with Crippen molar-refractivity contribution in [3.05, 3.63) is 42.0 Å². The first-order valence-electron chi connectivity index (χ1n) is 6.36. The van der Waals surface area contributed by atoms with E-state index in [1.54, 1.807) is 34.2 Å². The van der Waals surface area contributed by atoms with E-state index in [0.717, 1.165) is 12.1 Å². The number of aromatic nitrogens is 1. The van der Waals surface area contributed by atoms with Crippen LogP contribution in [0.15, 0.2) is 46.2 Å². The Balaban J connectivity index is 1.68. The molecule has 0 spiro atoms. The van der Waals surface area contributed by atoms with Crippen molar-refractivity contribution in [2.45, 2.75) is 16.7 Å². The summed E-state index contributed by atoms with van der Waals surface area (Å²) in [4.78, 5) is 4.04. The molecule has 1 fully saturated rings. The zero-order valence-electron chi connectivity index (χ0n) is 10.8. The van der Waals surface area contributed by atoms with Gasteiger partial charge in [-0.25, -0.2) is 8.42 Å². The molecule has 0 amide bonds. The van der Waals surface area contributed by atoms with Crippen molar-refractivity contribution in [2.24, 2.45) is 0 Å². The van der Waals surface area contributed by atoms with Crippen LogP contribution in [0, 0.1) is 0 Å². The van der Waals surface area contributed by atoms with E-state index >= 15 is 0 Å². The van der Waals surface area contributed by atoms with Gasteiger partial charge in [-0.15, -0.1) is 11.3 Å². The number of nitrogens with zero attached hydrogens (tertiary/aromatic N) is 2. The van der Waals surface area contributed by atoms with Crippen LogP contribution in [0.25, 0.3) is 0 Å². The minimum Gasteiger partial charge on any atom is -0.380 e. The molecular formula is C13H15N3O2S2. The molecule has 20 heavy (non-hydrogen) atoms. The van der Waals surface area contributed by atoms with Crippen molar-refractivity contribution in [2.75, 3.05) is 18.4 Å². The number of nitrogens with one attached hydrogen (secondary N) is 1. The number of hydrogen-bond acceptors (Lipinski definition) is 5. The van der Waals surface area contributed by atoms with Gasteiger partial charge in [0.15, 0.2) is 0 Å². The molecule has 1 saturated heterocycles. The highest BCUT2D eigenvalue weighted by molar-refractivity contribution is 7.91. The van der Waals surface area contributed by atoms with E-state index in [9.17, 15) is 8.42 Å². The van der Waals surface area contributed by atoms with E-state index in [0.29, 0.717) is 17.3 Å². The molecule has 1 atom stereocenters. The van der Waals surface area contributed by atoms with E-state index in [1.807, 2.05) is 12.1 Å². The van der Waals surface area contributed by atoms with Crippen LogP contribution in [0.3, 0.4) is 0 Å². The van der Waals surface area contributed by atoms with Gasteiger partial charge < -0.3 is 5.32 Å². The Morgan fingerprint density at radius 3 is 2.95 bits per heavy atom. The van der Waals surface area contributed by atoms with Crippen molar-refractivity contribution in [1.82, 2.24) is 9.29 Å². The summed E-state index contributed by atoms with van der Waals surface area (Å²) in [6, 6.07) is 7.34. The van der Waals surface area contributed by atoms with Crippen LogP contribution in [-0.4, -0.2) is 36.8 Å². The smallest absolute Gasteiger partial charge is 0.252 e. The Morgan fingerprint density at radius 1 is 1.35 bits per heavy atom. The van der Waals surface area contributed by atoms with Crippen LogP contribution >= 0.6 is 11.3 Å². The molecule has 1 aliphatic rings. The minimum atomic E-state index is -3.32. The van der Waals surface area contributed by atoms with Gasteiger partial charge in [0.25, 0.3) is 10.0 Å². The fraction of sp³-hybridized carbons (Fsp3) is 0.308. The summed E-state index contributed by atoms with van der Waals surface area (Å²) >= 11 is 1.26. The first-order chi connectivity index (χ1) is 9.66. The molecule has 2 aromatic rings. The van der Waals surface area contributed by atoms with E-state index in [2.05, 4.69) is 10.3 Å². The van der Waals surface area contributed by atoms with Gasteiger partial charge in [-0.1, -0.05) is 6.07 Å². The highest BCUT2D eigenvalue weighted by Crippen LogP contribution is 2.25. The molecule has 0 unspecified atom stereocenters. The molecule has 106 valence electrons. The number of anilines is 1. The van der Waals surface area contributed by atoms with Crippen LogP contribution in [0.5, 0.6) is 0 Å². The third kappa shape index (κ3) is 2.70. The van der Waals surface area contributed by atoms with Gasteiger partial charge in [0, 0.05) is 31.5 Å². The highest BCUT2D eigenvalue weighted by Gasteiger charge is 2.32. The molecule has 1 N–H and O–H groups in total. The maximum absolute atomic E-state index is 12.4. The number of hydrogen-bond donors (Lipinski definition) is 1. The number of pyridine rings is 1. The summed E-state index contributed by atoms with van der Waals surface area (Å²) in [5.41, 5.74) is 0.924. The van der Waals surface area contributed by atoms with Crippen LogP contribution in [0.2, 0.25) is 0 Å². The monoisotopic (exact) mass is 309 g/mol. The van der Waals surface area contributed by atoms with E-state index < -0.39 is 10.0 Å². The molecule has 0 aliphatic carbocycles. The fourth-order valence-electron chi connectivity index (χ4n) is 2.29. The second-order valence-electron chi connectivity index (χ2n) is 4.67. The lowest BCUT2D eigenvalue weighted by Crippen LogP contribution is -2.31. The van der Waals surface area contributed by atoms with E-state index in [1.165, 1.54) is 11.3 Å². The topological polar surface area (TPSA) is 62.3 Å². The van der Waals surface area contributed by atoms with Crippen molar-refractivity contribution in [1.29, 1.82) is 0 Å². The lowest BCUT2D eigenvalue weighted by molar-refractivity contribution is 0.476. The first kappa shape index (κ1) is 13.5. The normalized spacial score (nSPS) is 20.1. The van der Waals surface area contributed by atoms with Crippen LogP contribution in [-0.2, 0) is 10.0 Å². The summed E-state index contributed by atoms with van der Waals surface area (Å²) < 4.78 is 26.7. The summed E-state index contributed by atoms with van der Waals surface area (Å²) in [7, 11) is -3.32. The van der Waals surface area contributed by atoms with Gasteiger partial charge in [-0.2, -0.15) is 4.31 Å². The third-order valence-corrected chi connectivity index (χ3v) is 6.51. The Bertz CT molecular complexity index is 656. The van der Waals surface area contributed by atoms with Crippen molar-refractivity contribution in [3.8, 4) is 0 Å². The van der Waals surface area contributed by atoms with E-state index in [4.69, 9.17) is 0 Å². The summed E-state index contributed by atoms with van der Waals surface area (Å²) in [5, 5.41) is 5.11. The molecule has 3 heterocycles. The van der Waals surface area contributed by atoms with Gasteiger partial charge in [0.2, 0.25) is 0 Å². The standard InChI is InChI=1S/C13H15N3O2S2/c17-20(18,13-4-2-8-19-13)16-7-5-12(10-16)15-11-3-1-6-14-9-11/h1-4,6,8-9,12,15H,5,7,10H2/t12-/m1/s1. The summed E-state index contributed by atoms with van der Waals surface area (Å²) in [6.45, 7) is 1.05. The first-order valence-corrected chi connectivity index (χ1v) is 8.68. The van der Waals surface area contributed by atoms with Crippen LogP contribution < -0.4 is 5.32 Å². The Morgan fingerprint density at radius 2 is 2.25 bits per heavy atom. The summed E-state index contributed by atoms with van der Waals surface area (Å²) in [5.74, 6) is 0. The highest BCUT2D eigenvalue weighted by atomic mass is 32.2. The quantitative estimate of drug-likeness (QED) is 0.938. The van der Waals surface area contributed by atoms with Gasteiger partial charge in [0.1, 0.15) is 4.21 Å². The SMILES string of the molecule is O=S(=O)(c1cccs1)N1CC[C@@H](Nc2cccnc2)C1. The molecule has 7 heteroatoms. The molecular weight excluding hydrogens is 294 g/mol. The molecule has 5 nitrogen and oxygen atoms in total. The average Bonchev–Trinajstić information content (AvgIpc) is 3.11. The molecule has 0 radical (unpaired) electrons. The lowest BCUT2D eigenvalue weighted by atomic mass is 10.2. The van der Waals surface area contributed by atoms with Crippen LogP contribution in [0.1, 0.15) is 6.42 Å². The molecule has 0 saturated carbocycles. The Kier molecular flexibility index (Phi) is 3.73. The molecule has 0 aromatic carbocycles. The second-order valence-corrected chi connectivity index (χ2v) is 7.78. The second kappa shape index (κ2) is 5.51. The summed E-state index contributed by atoms with van der Waals surface area (Å²) in [6.07, 6.45) is 4.27. The van der Waals surface area contributed by atoms with Crippen molar-refractivity contribution >= 4 is 27.0 Å². The molecule has 0 bridgehead atoms. The van der Waals surface area contributed by atoms with Gasteiger partial charge in [-0.05, 0) is 30.0 Å². The molecule has 3 rings (SSSR count). The van der Waals surface area contributed by atoms with E-state index in [-0.39, 0.29) is 6.04 Å². The lowest BCUT2D eigenvalue weighted by Gasteiger charge is -2.16. The number of sulfonamides is 1. The van der Waals surface area contributed by atoms with Gasteiger partial charge in [0.05, 0.1) is 5.69 Å². The van der Waals surface area contributed by atoms with Crippen molar-refractivity contribution < 1.29 is 8.42 Å². The largest absolute Gasteiger partial charge is 0.380 e. The predicted octanol–water partition coefficient (Wildman–Crippen LogP) is 2.02. The van der Waals surface area contributed by atoms with Gasteiger partial charge >= 0.3 is 0 Å². The average molecular weight is 309 g/mol.